The summed E-state index contributed by atoms with van der Waals surface area (Å²) in [5.74, 6) is 0. The van der Waals surface area contributed by atoms with Crippen molar-refractivity contribution in [2.45, 2.75) is 39.2 Å². The summed E-state index contributed by atoms with van der Waals surface area (Å²) in [6.45, 7) is 11.5. The van der Waals surface area contributed by atoms with Crippen LogP contribution in [0.5, 0.6) is 0 Å². The van der Waals surface area contributed by atoms with E-state index in [4.69, 9.17) is 4.74 Å². The smallest absolute Gasteiger partial charge is 0.167 e. The van der Waals surface area contributed by atoms with Gasteiger partial charge < -0.3 is 0 Å². The normalized spacial score (nSPS) is 27.8. The summed E-state index contributed by atoms with van der Waals surface area (Å²) >= 11 is 0. The number of fused-ring (bicyclic) bond motifs is 1. The molecule has 0 bridgehead atoms. The van der Waals surface area contributed by atoms with Crippen LogP contribution >= 0.6 is 7.51 Å². The molecule has 0 amide bonds. The molecule has 100 valence electrons. The van der Waals surface area contributed by atoms with E-state index in [0.29, 0.717) is 0 Å². The van der Waals surface area contributed by atoms with Gasteiger partial charge in [-0.05, 0) is 47.7 Å². The van der Waals surface area contributed by atoms with Crippen molar-refractivity contribution >= 4 is 7.51 Å². The Morgan fingerprint density at radius 2 is 1.35 bits per heavy atom. The maximum atomic E-state index is 5.27. The first kappa shape index (κ1) is 13.5. The average Bonchev–Trinajstić information content (AvgIpc) is 2.20. The summed E-state index contributed by atoms with van der Waals surface area (Å²) < 4.78 is 13.0. The molecular formula is C12H27N4P. The summed E-state index contributed by atoms with van der Waals surface area (Å²) in [7, 11) is 2.95. The minimum Gasteiger partial charge on any atom is -0.255 e. The van der Waals surface area contributed by atoms with E-state index in [0.717, 1.165) is 0 Å². The lowest BCUT2D eigenvalue weighted by atomic mass is 10.1. The summed E-state index contributed by atoms with van der Waals surface area (Å²) in [5, 5.41) is 0. The van der Waals surface area contributed by atoms with Gasteiger partial charge in [-0.1, -0.05) is 0 Å². The van der Waals surface area contributed by atoms with Gasteiger partial charge in [0.25, 0.3) is 0 Å². The van der Waals surface area contributed by atoms with E-state index in [2.05, 4.69) is 48.9 Å². The molecule has 2 aliphatic rings. The van der Waals surface area contributed by atoms with Crippen molar-refractivity contribution in [1.29, 1.82) is 0 Å². The molecule has 0 unspecified atom stereocenters. The van der Waals surface area contributed by atoms with Crippen molar-refractivity contribution in [1.82, 2.24) is 14.0 Å². The van der Waals surface area contributed by atoms with E-state index < -0.39 is 7.51 Å². The highest BCUT2D eigenvalue weighted by Gasteiger charge is 2.42. The van der Waals surface area contributed by atoms with Gasteiger partial charge in [0.05, 0.1) is 5.54 Å². The fraction of sp³-hybridized carbons (Fsp3) is 1.00. The highest BCUT2D eigenvalue weighted by atomic mass is 31.2. The lowest BCUT2D eigenvalue weighted by Crippen LogP contribution is -2.48. The van der Waals surface area contributed by atoms with E-state index in [9.17, 15) is 0 Å². The zero-order valence-corrected chi connectivity index (χ0v) is 12.9. The molecule has 0 aromatic carbocycles. The Morgan fingerprint density at radius 1 is 0.882 bits per heavy atom. The van der Waals surface area contributed by atoms with Gasteiger partial charge in [0.15, 0.2) is 7.51 Å². The Hall–Kier alpha value is 0.110. The summed E-state index contributed by atoms with van der Waals surface area (Å²) in [4.78, 5) is 0. The van der Waals surface area contributed by atoms with Crippen LogP contribution in [-0.4, -0.2) is 59.8 Å². The second-order valence-electron chi connectivity index (χ2n) is 6.23. The van der Waals surface area contributed by atoms with Crippen LogP contribution in [0.15, 0.2) is 4.74 Å². The molecule has 0 saturated carbocycles. The third kappa shape index (κ3) is 2.46. The highest BCUT2D eigenvalue weighted by molar-refractivity contribution is 7.59. The second kappa shape index (κ2) is 4.65. The Balaban J connectivity index is 2.49. The van der Waals surface area contributed by atoms with Crippen molar-refractivity contribution < 1.29 is 0 Å². The van der Waals surface area contributed by atoms with Gasteiger partial charge in [-0.15, -0.1) is 0 Å². The molecule has 2 heterocycles. The molecule has 0 N–H and O–H groups in total. The molecule has 0 atom stereocenters. The third-order valence-corrected chi connectivity index (χ3v) is 7.79. The Labute approximate surface area is 106 Å². The summed E-state index contributed by atoms with van der Waals surface area (Å²) in [5.41, 5.74) is 0.0449. The Morgan fingerprint density at radius 3 is 1.76 bits per heavy atom. The van der Waals surface area contributed by atoms with Gasteiger partial charge in [-0.3, -0.25) is 4.74 Å². The SMILES string of the molecule is CN1CCCN2CCCN(C)P12=NC(C)(C)C. The Kier molecular flexibility index (Phi) is 3.71. The molecule has 0 aromatic heterocycles. The van der Waals surface area contributed by atoms with Gasteiger partial charge in [-0.25, -0.2) is 14.0 Å². The predicted molar refractivity (Wildman–Crippen MR) is 75.2 cm³/mol. The van der Waals surface area contributed by atoms with E-state index >= 15 is 0 Å². The molecule has 2 saturated heterocycles. The molecule has 0 aliphatic carbocycles. The third-order valence-electron chi connectivity index (χ3n) is 3.53. The first-order valence-electron chi connectivity index (χ1n) is 6.68. The molecule has 2 fully saturated rings. The molecular weight excluding hydrogens is 231 g/mol. The number of hydrogen-bond acceptors (Lipinski definition) is 1. The fourth-order valence-corrected chi connectivity index (χ4v) is 7.18. The molecule has 5 heteroatoms. The van der Waals surface area contributed by atoms with E-state index in [-0.39, 0.29) is 5.54 Å². The number of hydrogen-bond donors (Lipinski definition) is 0. The van der Waals surface area contributed by atoms with E-state index in [1.54, 1.807) is 0 Å². The van der Waals surface area contributed by atoms with Crippen molar-refractivity contribution in [3.05, 3.63) is 0 Å². The van der Waals surface area contributed by atoms with Crippen molar-refractivity contribution in [2.75, 3.05) is 40.3 Å². The van der Waals surface area contributed by atoms with Gasteiger partial charge in [-0.2, -0.15) is 0 Å². The lowest BCUT2D eigenvalue weighted by molar-refractivity contribution is 0.254. The first-order chi connectivity index (χ1) is 7.86. The van der Waals surface area contributed by atoms with Crippen LogP contribution in [0.3, 0.4) is 0 Å². The molecule has 2 aliphatic heterocycles. The van der Waals surface area contributed by atoms with Crippen LogP contribution in [-0.2, 0) is 0 Å². The zero-order chi connectivity index (χ0) is 12.7. The van der Waals surface area contributed by atoms with Gasteiger partial charge >= 0.3 is 0 Å². The molecule has 4 nitrogen and oxygen atoms in total. The topological polar surface area (TPSA) is 22.1 Å². The highest BCUT2D eigenvalue weighted by Crippen LogP contribution is 2.62. The number of nitrogens with zero attached hydrogens (tertiary/aromatic N) is 4. The largest absolute Gasteiger partial charge is 0.255 e. The second-order valence-corrected chi connectivity index (χ2v) is 9.44. The van der Waals surface area contributed by atoms with E-state index in [1.807, 2.05) is 0 Å². The van der Waals surface area contributed by atoms with Crippen LogP contribution in [0.25, 0.3) is 0 Å². The van der Waals surface area contributed by atoms with Crippen LogP contribution in [0.2, 0.25) is 0 Å². The monoisotopic (exact) mass is 258 g/mol. The van der Waals surface area contributed by atoms with Crippen LogP contribution in [0.1, 0.15) is 33.6 Å². The van der Waals surface area contributed by atoms with Gasteiger partial charge in [0.1, 0.15) is 0 Å². The number of rotatable bonds is 0. The standard InChI is InChI=1S/C12H27N4P/c1-12(2,3)13-17-14(4)8-6-10-16(17)11-7-9-15(17)5/h6-11H2,1-5H3. The lowest BCUT2D eigenvalue weighted by Gasteiger charge is -2.54. The quantitative estimate of drug-likeness (QED) is 0.624. The minimum atomic E-state index is -1.57. The molecule has 0 aromatic rings. The van der Waals surface area contributed by atoms with E-state index in [1.165, 1.54) is 39.0 Å². The van der Waals surface area contributed by atoms with Crippen LogP contribution < -0.4 is 0 Å². The predicted octanol–water partition coefficient (Wildman–Crippen LogP) is 2.70. The van der Waals surface area contributed by atoms with Crippen molar-refractivity contribution in [3.8, 4) is 0 Å². The van der Waals surface area contributed by atoms with Crippen LogP contribution in [0, 0.1) is 0 Å². The maximum absolute atomic E-state index is 5.27. The Bertz CT molecular complexity index is 314. The van der Waals surface area contributed by atoms with Gasteiger partial charge in [0, 0.05) is 26.2 Å². The fourth-order valence-electron chi connectivity index (χ4n) is 2.92. The summed E-state index contributed by atoms with van der Waals surface area (Å²) in [6.07, 6.45) is 2.57. The molecule has 0 radical (unpaired) electrons. The van der Waals surface area contributed by atoms with Crippen molar-refractivity contribution in [3.63, 3.8) is 0 Å². The molecule has 0 spiro atoms. The summed E-state index contributed by atoms with van der Waals surface area (Å²) in [6, 6.07) is 0. The molecule has 2 rings (SSSR count). The zero-order valence-electron chi connectivity index (χ0n) is 12.0. The van der Waals surface area contributed by atoms with Crippen molar-refractivity contribution in [2.24, 2.45) is 4.74 Å². The van der Waals surface area contributed by atoms with Gasteiger partial charge in [0.2, 0.25) is 0 Å². The average molecular weight is 258 g/mol. The van der Waals surface area contributed by atoms with Crippen LogP contribution in [0.4, 0.5) is 0 Å². The molecule has 17 heavy (non-hydrogen) atoms. The first-order valence-corrected chi connectivity index (χ1v) is 8.28. The minimum absolute atomic E-state index is 0.0449. The maximum Gasteiger partial charge on any atom is 0.167 e.